The van der Waals surface area contributed by atoms with E-state index in [1.807, 2.05) is 0 Å². The van der Waals surface area contributed by atoms with Gasteiger partial charge in [-0.1, -0.05) is 23.7 Å². The molecule has 0 bridgehead atoms. The van der Waals surface area contributed by atoms with Crippen molar-refractivity contribution >= 4 is 29.1 Å². The lowest BCUT2D eigenvalue weighted by atomic mass is 9.95. The summed E-state index contributed by atoms with van der Waals surface area (Å²) in [4.78, 5) is 27.4. The van der Waals surface area contributed by atoms with Gasteiger partial charge in [-0.25, -0.2) is 0 Å². The number of methoxy groups -OCH3 is 1. The third-order valence-electron chi connectivity index (χ3n) is 5.51. The molecule has 2 atom stereocenters. The number of aliphatic hydroxyl groups excluding tert-OH is 1. The Morgan fingerprint density at radius 3 is 2.47 bits per heavy atom. The van der Waals surface area contributed by atoms with Crippen LogP contribution in [0.3, 0.4) is 0 Å². The van der Waals surface area contributed by atoms with Crippen LogP contribution in [0.25, 0.3) is 5.76 Å². The van der Waals surface area contributed by atoms with Crippen molar-refractivity contribution in [1.29, 1.82) is 0 Å². The molecule has 2 aliphatic heterocycles. The van der Waals surface area contributed by atoms with Gasteiger partial charge >= 0.3 is 0 Å². The first kappa shape index (κ1) is 20.4. The molecule has 1 amide bonds. The lowest BCUT2D eigenvalue weighted by Gasteiger charge is -2.27. The number of carbonyl (C=O) groups is 2. The molecule has 7 heteroatoms. The maximum atomic E-state index is 13.0. The maximum Gasteiger partial charge on any atom is 0.295 e. The molecule has 156 valence electrons. The lowest BCUT2D eigenvalue weighted by molar-refractivity contribution is -0.140. The van der Waals surface area contributed by atoms with Crippen LogP contribution < -0.4 is 4.74 Å². The first-order chi connectivity index (χ1) is 14.5. The summed E-state index contributed by atoms with van der Waals surface area (Å²) in [6.45, 7) is 0.936. The average Bonchev–Trinajstić information content (AvgIpc) is 3.36. The number of ketones is 1. The Labute approximate surface area is 179 Å². The molecule has 6 nitrogen and oxygen atoms in total. The maximum absolute atomic E-state index is 13.0. The van der Waals surface area contributed by atoms with Crippen molar-refractivity contribution in [1.82, 2.24) is 4.90 Å². The molecular weight excluding hydrogens is 406 g/mol. The van der Waals surface area contributed by atoms with Gasteiger partial charge in [-0.15, -0.1) is 0 Å². The number of amides is 1. The fourth-order valence-electron chi connectivity index (χ4n) is 3.97. The molecule has 2 aliphatic rings. The van der Waals surface area contributed by atoms with Crippen LogP contribution in [0.15, 0.2) is 54.1 Å². The molecule has 0 aromatic heterocycles. The molecule has 1 N–H and O–H groups in total. The zero-order chi connectivity index (χ0) is 21.3. The van der Waals surface area contributed by atoms with E-state index in [0.717, 1.165) is 12.8 Å². The van der Waals surface area contributed by atoms with E-state index in [9.17, 15) is 14.7 Å². The van der Waals surface area contributed by atoms with E-state index in [1.165, 1.54) is 4.90 Å². The van der Waals surface area contributed by atoms with Crippen LogP contribution in [0.5, 0.6) is 5.75 Å². The highest BCUT2D eigenvalue weighted by Crippen LogP contribution is 2.40. The molecule has 4 rings (SSSR count). The van der Waals surface area contributed by atoms with Gasteiger partial charge < -0.3 is 19.5 Å². The van der Waals surface area contributed by atoms with Gasteiger partial charge in [0.25, 0.3) is 11.7 Å². The Balaban J connectivity index is 1.80. The smallest absolute Gasteiger partial charge is 0.295 e. The Morgan fingerprint density at radius 1 is 1.17 bits per heavy atom. The van der Waals surface area contributed by atoms with Gasteiger partial charge in [-0.3, -0.25) is 9.59 Å². The fraction of sp³-hybridized carbons (Fsp3) is 0.304. The summed E-state index contributed by atoms with van der Waals surface area (Å²) in [5.74, 6) is -0.906. The molecule has 0 spiro atoms. The molecule has 30 heavy (non-hydrogen) atoms. The highest BCUT2D eigenvalue weighted by atomic mass is 35.5. The van der Waals surface area contributed by atoms with Crippen LogP contribution in [0.2, 0.25) is 5.02 Å². The highest BCUT2D eigenvalue weighted by molar-refractivity contribution is 6.46. The molecule has 2 saturated heterocycles. The molecule has 0 aliphatic carbocycles. The van der Waals surface area contributed by atoms with Crippen molar-refractivity contribution in [2.75, 3.05) is 20.3 Å². The molecule has 2 heterocycles. The van der Waals surface area contributed by atoms with Crippen LogP contribution in [0.1, 0.15) is 30.0 Å². The fourth-order valence-corrected chi connectivity index (χ4v) is 4.10. The number of halogens is 1. The highest BCUT2D eigenvalue weighted by Gasteiger charge is 2.47. The summed E-state index contributed by atoms with van der Waals surface area (Å²) in [5.41, 5.74) is 1.20. The first-order valence-electron chi connectivity index (χ1n) is 9.79. The number of rotatable bonds is 5. The molecule has 0 radical (unpaired) electrons. The quantitative estimate of drug-likeness (QED) is 0.444. The topological polar surface area (TPSA) is 76.1 Å². The second-order valence-corrected chi connectivity index (χ2v) is 7.80. The van der Waals surface area contributed by atoms with Crippen LogP contribution >= 0.6 is 11.6 Å². The van der Waals surface area contributed by atoms with E-state index in [2.05, 4.69) is 0 Å². The molecule has 2 fully saturated rings. The third kappa shape index (κ3) is 3.80. The largest absolute Gasteiger partial charge is 0.507 e. The predicted octanol–water partition coefficient (Wildman–Crippen LogP) is 3.95. The second kappa shape index (κ2) is 8.50. The number of benzene rings is 2. The standard InChI is InChI=1S/C23H22ClNO5/c1-29-17-10-6-14(7-11-17)20-19(21(26)15-4-8-16(24)9-5-15)22(27)23(28)25(20)13-18-3-2-12-30-18/h4-11,18,20,26H,2-3,12-13H2,1H3/b21-19+/t18-,20-/m1/s1. The van der Waals surface area contributed by atoms with Crippen molar-refractivity contribution in [3.05, 3.63) is 70.3 Å². The van der Waals surface area contributed by atoms with Gasteiger partial charge in [-0.05, 0) is 54.8 Å². The van der Waals surface area contributed by atoms with Crippen molar-refractivity contribution in [2.45, 2.75) is 25.0 Å². The van der Waals surface area contributed by atoms with Gasteiger partial charge in [0.15, 0.2) is 0 Å². The van der Waals surface area contributed by atoms with Crippen LogP contribution in [0.4, 0.5) is 0 Å². The van der Waals surface area contributed by atoms with E-state index in [1.54, 1.807) is 55.6 Å². The third-order valence-corrected chi connectivity index (χ3v) is 5.77. The van der Waals surface area contributed by atoms with Gasteiger partial charge in [0.05, 0.1) is 24.8 Å². The minimum absolute atomic E-state index is 0.0606. The van der Waals surface area contributed by atoms with Crippen molar-refractivity contribution < 1.29 is 24.2 Å². The molecule has 2 aromatic rings. The number of hydrogen-bond donors (Lipinski definition) is 1. The number of hydrogen-bond acceptors (Lipinski definition) is 5. The number of likely N-dealkylation sites (tertiary alicyclic amines) is 1. The van der Waals surface area contributed by atoms with Gasteiger partial charge in [-0.2, -0.15) is 0 Å². The molecule has 0 saturated carbocycles. The Hall–Kier alpha value is -2.83. The zero-order valence-electron chi connectivity index (χ0n) is 16.5. The van der Waals surface area contributed by atoms with Crippen molar-refractivity contribution in [2.24, 2.45) is 0 Å². The van der Waals surface area contributed by atoms with E-state index in [0.29, 0.717) is 35.1 Å². The minimum Gasteiger partial charge on any atom is -0.507 e. The van der Waals surface area contributed by atoms with Crippen LogP contribution in [-0.4, -0.2) is 48.1 Å². The van der Waals surface area contributed by atoms with Gasteiger partial charge in [0.1, 0.15) is 11.5 Å². The number of nitrogens with zero attached hydrogens (tertiary/aromatic N) is 1. The molecular formula is C23H22ClNO5. The SMILES string of the molecule is COc1ccc([C@@H]2/C(=C(\O)c3ccc(Cl)cc3)C(=O)C(=O)N2C[C@H]2CCCO2)cc1. The van der Waals surface area contributed by atoms with Gasteiger partial charge in [0.2, 0.25) is 0 Å². The van der Waals surface area contributed by atoms with Crippen molar-refractivity contribution in [3.8, 4) is 5.75 Å². The lowest BCUT2D eigenvalue weighted by Crippen LogP contribution is -2.36. The summed E-state index contributed by atoms with van der Waals surface area (Å²) in [7, 11) is 1.57. The Bertz CT molecular complexity index is 978. The van der Waals surface area contributed by atoms with Crippen molar-refractivity contribution in [3.63, 3.8) is 0 Å². The number of aliphatic hydroxyl groups is 1. The summed E-state index contributed by atoms with van der Waals surface area (Å²) in [6.07, 6.45) is 1.63. The Morgan fingerprint density at radius 2 is 1.87 bits per heavy atom. The van der Waals surface area contributed by atoms with E-state index in [-0.39, 0.29) is 17.4 Å². The summed E-state index contributed by atoms with van der Waals surface area (Å²) >= 11 is 5.95. The van der Waals surface area contributed by atoms with Gasteiger partial charge in [0, 0.05) is 23.7 Å². The molecule has 2 aromatic carbocycles. The predicted molar refractivity (Wildman–Crippen MR) is 112 cm³/mol. The number of carbonyl (C=O) groups excluding carboxylic acids is 2. The number of ether oxygens (including phenoxy) is 2. The summed E-state index contributed by atoms with van der Waals surface area (Å²) < 4.78 is 10.9. The summed E-state index contributed by atoms with van der Waals surface area (Å²) in [5, 5.41) is 11.5. The normalized spacial score (nSPS) is 23.2. The number of Topliss-reactive ketones (excluding diaryl/α,β-unsaturated/α-hetero) is 1. The van der Waals surface area contributed by atoms with E-state index >= 15 is 0 Å². The van der Waals surface area contributed by atoms with E-state index < -0.39 is 17.7 Å². The van der Waals surface area contributed by atoms with Crippen LogP contribution in [-0.2, 0) is 14.3 Å². The zero-order valence-corrected chi connectivity index (χ0v) is 17.3. The van der Waals surface area contributed by atoms with Crippen LogP contribution in [0, 0.1) is 0 Å². The summed E-state index contributed by atoms with van der Waals surface area (Å²) in [6, 6.07) is 12.9. The molecule has 0 unspecified atom stereocenters. The average molecular weight is 428 g/mol. The monoisotopic (exact) mass is 427 g/mol. The minimum atomic E-state index is -0.712. The first-order valence-corrected chi connectivity index (χ1v) is 10.2. The Kier molecular flexibility index (Phi) is 5.79. The van der Waals surface area contributed by atoms with E-state index in [4.69, 9.17) is 21.1 Å². The second-order valence-electron chi connectivity index (χ2n) is 7.37.